The van der Waals surface area contributed by atoms with E-state index >= 15 is 0 Å². The van der Waals surface area contributed by atoms with Crippen LogP contribution in [0.2, 0.25) is 5.02 Å². The number of halogens is 1. The van der Waals surface area contributed by atoms with Gasteiger partial charge in [-0.15, -0.1) is 0 Å². The van der Waals surface area contributed by atoms with Crippen molar-refractivity contribution >= 4 is 35.2 Å². The lowest BCUT2D eigenvalue weighted by Gasteiger charge is -2.23. The van der Waals surface area contributed by atoms with E-state index in [4.69, 9.17) is 21.1 Å². The summed E-state index contributed by atoms with van der Waals surface area (Å²) in [6, 6.07) is 12.2. The van der Waals surface area contributed by atoms with Gasteiger partial charge in [0, 0.05) is 0 Å². The molecule has 1 heterocycles. The number of carbonyl (C=O) groups excluding carboxylic acids is 2. The molecule has 146 valence electrons. The van der Waals surface area contributed by atoms with Gasteiger partial charge in [-0.25, -0.2) is 5.01 Å². The maximum absolute atomic E-state index is 12.7. The van der Waals surface area contributed by atoms with Crippen molar-refractivity contribution in [1.29, 1.82) is 0 Å². The monoisotopic (exact) mass is 400 g/mol. The topological polar surface area (TPSA) is 67.9 Å². The second-order valence-corrected chi connectivity index (χ2v) is 7.63. The number of benzene rings is 2. The fraction of sp³-hybridized carbons (Fsp3) is 0.238. The number of nitrogens with one attached hydrogen (secondary N) is 1. The van der Waals surface area contributed by atoms with E-state index < -0.39 is 17.4 Å². The Morgan fingerprint density at radius 2 is 1.79 bits per heavy atom. The van der Waals surface area contributed by atoms with E-state index in [2.05, 4.69) is 5.43 Å². The molecule has 2 amide bonds. The van der Waals surface area contributed by atoms with E-state index in [-0.39, 0.29) is 5.57 Å². The van der Waals surface area contributed by atoms with E-state index in [9.17, 15) is 9.59 Å². The molecule has 0 bridgehead atoms. The number of hydrazine groups is 1. The molecule has 0 saturated carbocycles. The van der Waals surface area contributed by atoms with Gasteiger partial charge < -0.3 is 9.47 Å². The molecule has 0 aliphatic carbocycles. The third kappa shape index (κ3) is 4.12. The van der Waals surface area contributed by atoms with Crippen LogP contribution < -0.4 is 19.9 Å². The first-order chi connectivity index (χ1) is 13.2. The molecule has 0 aromatic heterocycles. The van der Waals surface area contributed by atoms with Crippen molar-refractivity contribution in [3.8, 4) is 11.5 Å². The number of anilines is 1. The summed E-state index contributed by atoms with van der Waals surface area (Å²) in [7, 11) is 1.50. The van der Waals surface area contributed by atoms with Gasteiger partial charge >= 0.3 is 0 Å². The minimum absolute atomic E-state index is 0.00598. The van der Waals surface area contributed by atoms with Crippen molar-refractivity contribution in [3.63, 3.8) is 0 Å². The lowest BCUT2D eigenvalue weighted by Crippen LogP contribution is -2.35. The van der Waals surface area contributed by atoms with Gasteiger partial charge in [-0.3, -0.25) is 15.0 Å². The van der Waals surface area contributed by atoms with Crippen molar-refractivity contribution in [3.05, 3.63) is 58.6 Å². The molecule has 1 saturated heterocycles. The molecule has 1 aliphatic heterocycles. The van der Waals surface area contributed by atoms with E-state index in [0.717, 1.165) is 0 Å². The quantitative estimate of drug-likeness (QED) is 0.622. The first-order valence-corrected chi connectivity index (χ1v) is 9.06. The summed E-state index contributed by atoms with van der Waals surface area (Å²) >= 11 is 6.37. The number of amides is 2. The van der Waals surface area contributed by atoms with E-state index in [0.29, 0.717) is 27.8 Å². The van der Waals surface area contributed by atoms with Crippen LogP contribution in [0.25, 0.3) is 6.08 Å². The SMILES string of the molecule is COc1cc(C=C2C(=O)NN(c3ccccc3)C2=O)cc(Cl)c1OC(C)(C)C. The molecule has 0 radical (unpaired) electrons. The molecule has 0 unspecified atom stereocenters. The van der Waals surface area contributed by atoms with Crippen LogP contribution in [0, 0.1) is 0 Å². The first-order valence-electron chi connectivity index (χ1n) is 8.68. The fourth-order valence-corrected chi connectivity index (χ4v) is 2.97. The summed E-state index contributed by atoms with van der Waals surface area (Å²) in [4.78, 5) is 25.0. The predicted octanol–water partition coefficient (Wildman–Crippen LogP) is 3.99. The molecule has 1 N–H and O–H groups in total. The Hall–Kier alpha value is -2.99. The fourth-order valence-electron chi connectivity index (χ4n) is 2.71. The minimum Gasteiger partial charge on any atom is -0.493 e. The van der Waals surface area contributed by atoms with Crippen molar-refractivity contribution < 1.29 is 19.1 Å². The third-order valence-electron chi connectivity index (χ3n) is 3.88. The number of methoxy groups -OCH3 is 1. The van der Waals surface area contributed by atoms with Crippen LogP contribution in [0.3, 0.4) is 0 Å². The predicted molar refractivity (Wildman–Crippen MR) is 108 cm³/mol. The van der Waals surface area contributed by atoms with E-state index in [1.54, 1.807) is 36.4 Å². The van der Waals surface area contributed by atoms with Gasteiger partial charge in [0.05, 0.1) is 17.8 Å². The molecule has 7 heteroatoms. The Labute approximate surface area is 168 Å². The lowest BCUT2D eigenvalue weighted by atomic mass is 10.1. The summed E-state index contributed by atoms with van der Waals surface area (Å²) in [5, 5.41) is 1.54. The largest absolute Gasteiger partial charge is 0.493 e. The molecule has 28 heavy (non-hydrogen) atoms. The second kappa shape index (κ2) is 7.56. The van der Waals surface area contributed by atoms with Crippen LogP contribution in [-0.2, 0) is 9.59 Å². The Morgan fingerprint density at radius 3 is 2.39 bits per heavy atom. The molecule has 6 nitrogen and oxygen atoms in total. The molecule has 3 rings (SSSR count). The van der Waals surface area contributed by atoms with Crippen molar-refractivity contribution in [2.24, 2.45) is 0 Å². The maximum atomic E-state index is 12.7. The molecule has 1 fully saturated rings. The molecule has 1 aliphatic rings. The van der Waals surface area contributed by atoms with Gasteiger partial charge in [-0.05, 0) is 56.7 Å². The normalized spacial score (nSPS) is 15.8. The van der Waals surface area contributed by atoms with Gasteiger partial charge in [0.25, 0.3) is 11.8 Å². The highest BCUT2D eigenvalue weighted by Gasteiger charge is 2.34. The Bertz CT molecular complexity index is 949. The lowest BCUT2D eigenvalue weighted by molar-refractivity contribution is -0.117. The highest BCUT2D eigenvalue weighted by Crippen LogP contribution is 2.39. The number of hydrogen-bond donors (Lipinski definition) is 1. The minimum atomic E-state index is -0.487. The number of ether oxygens (including phenoxy) is 2. The van der Waals surface area contributed by atoms with Crippen molar-refractivity contribution in [1.82, 2.24) is 5.43 Å². The van der Waals surface area contributed by atoms with Gasteiger partial charge in [-0.1, -0.05) is 29.8 Å². The summed E-state index contributed by atoms with van der Waals surface area (Å²) in [5.41, 5.74) is 3.24. The molecular formula is C21H21ClN2O4. The summed E-state index contributed by atoms with van der Waals surface area (Å²) in [6.45, 7) is 5.70. The maximum Gasteiger partial charge on any atom is 0.282 e. The van der Waals surface area contributed by atoms with Crippen LogP contribution in [0.15, 0.2) is 48.0 Å². The first kappa shape index (κ1) is 19.8. The molecular weight excluding hydrogens is 380 g/mol. The number of para-hydroxylation sites is 1. The number of nitrogens with zero attached hydrogens (tertiary/aromatic N) is 1. The van der Waals surface area contributed by atoms with Gasteiger partial charge in [0.15, 0.2) is 11.5 Å². The highest BCUT2D eigenvalue weighted by molar-refractivity contribution is 6.33. The molecule has 2 aromatic rings. The molecule has 0 atom stereocenters. The van der Waals surface area contributed by atoms with Crippen LogP contribution in [0.4, 0.5) is 5.69 Å². The Balaban J connectivity index is 1.96. The van der Waals surface area contributed by atoms with E-state index in [1.165, 1.54) is 18.2 Å². The highest BCUT2D eigenvalue weighted by atomic mass is 35.5. The Morgan fingerprint density at radius 1 is 1.11 bits per heavy atom. The summed E-state index contributed by atoms with van der Waals surface area (Å²) < 4.78 is 11.3. The zero-order valence-corrected chi connectivity index (χ0v) is 16.8. The smallest absolute Gasteiger partial charge is 0.282 e. The van der Waals surface area contributed by atoms with Crippen molar-refractivity contribution in [2.75, 3.05) is 12.1 Å². The van der Waals surface area contributed by atoms with Crippen LogP contribution in [-0.4, -0.2) is 24.5 Å². The zero-order valence-electron chi connectivity index (χ0n) is 16.1. The van der Waals surface area contributed by atoms with Crippen LogP contribution in [0.1, 0.15) is 26.3 Å². The van der Waals surface area contributed by atoms with Crippen LogP contribution >= 0.6 is 11.6 Å². The van der Waals surface area contributed by atoms with Gasteiger partial charge in [0.2, 0.25) is 0 Å². The third-order valence-corrected chi connectivity index (χ3v) is 4.16. The zero-order chi connectivity index (χ0) is 20.5. The Kier molecular flexibility index (Phi) is 5.34. The van der Waals surface area contributed by atoms with E-state index in [1.807, 2.05) is 26.8 Å². The second-order valence-electron chi connectivity index (χ2n) is 7.22. The van der Waals surface area contributed by atoms with Gasteiger partial charge in [-0.2, -0.15) is 0 Å². The summed E-state index contributed by atoms with van der Waals surface area (Å²) in [6.07, 6.45) is 1.48. The van der Waals surface area contributed by atoms with Crippen LogP contribution in [0.5, 0.6) is 11.5 Å². The number of carbonyl (C=O) groups is 2. The number of rotatable bonds is 4. The standard InChI is InChI=1S/C21H21ClN2O4/c1-21(2,3)28-18-16(22)11-13(12-17(18)27-4)10-15-19(25)23-24(20(15)26)14-8-6-5-7-9-14/h5-12H,1-4H3,(H,23,25). The number of hydrogen-bond acceptors (Lipinski definition) is 4. The summed E-state index contributed by atoms with van der Waals surface area (Å²) in [5.74, 6) is -0.104. The average Bonchev–Trinajstić information content (AvgIpc) is 2.91. The molecule has 0 spiro atoms. The molecule has 2 aromatic carbocycles. The van der Waals surface area contributed by atoms with Crippen molar-refractivity contribution in [2.45, 2.75) is 26.4 Å². The average molecular weight is 401 g/mol. The van der Waals surface area contributed by atoms with Gasteiger partial charge in [0.1, 0.15) is 11.2 Å².